The summed E-state index contributed by atoms with van der Waals surface area (Å²) in [6.45, 7) is 0.906. The van der Waals surface area contributed by atoms with Crippen molar-refractivity contribution in [1.29, 1.82) is 0 Å². The van der Waals surface area contributed by atoms with Crippen molar-refractivity contribution in [3.63, 3.8) is 0 Å². The molecule has 1 amide bonds. The van der Waals surface area contributed by atoms with Gasteiger partial charge >= 0.3 is 5.97 Å². The van der Waals surface area contributed by atoms with Gasteiger partial charge < -0.3 is 9.52 Å². The monoisotopic (exact) mass is 494 g/mol. The van der Waals surface area contributed by atoms with E-state index in [-0.39, 0.29) is 11.5 Å². The Hall–Kier alpha value is -4.36. The Morgan fingerprint density at radius 2 is 1.56 bits per heavy atom. The van der Waals surface area contributed by atoms with Crippen molar-refractivity contribution in [1.82, 2.24) is 4.90 Å². The zero-order valence-corrected chi connectivity index (χ0v) is 20.0. The van der Waals surface area contributed by atoms with Crippen LogP contribution < -0.4 is 0 Å². The molecule has 5 rings (SSSR count). The Balaban J connectivity index is 1.40. The van der Waals surface area contributed by atoms with Crippen molar-refractivity contribution in [2.75, 3.05) is 0 Å². The van der Waals surface area contributed by atoms with E-state index in [0.717, 1.165) is 16.7 Å². The highest BCUT2D eigenvalue weighted by atomic mass is 32.2. The van der Waals surface area contributed by atoms with Crippen LogP contribution in [0.2, 0.25) is 0 Å². The highest BCUT2D eigenvalue weighted by Gasteiger charge is 2.33. The van der Waals surface area contributed by atoms with Gasteiger partial charge in [-0.25, -0.2) is 4.79 Å². The molecule has 1 aliphatic rings. The lowest BCUT2D eigenvalue weighted by Gasteiger charge is -2.15. The molecule has 36 heavy (non-hydrogen) atoms. The summed E-state index contributed by atoms with van der Waals surface area (Å²) >= 11 is 1.33. The molecule has 1 fully saturated rings. The van der Waals surface area contributed by atoms with Crippen molar-refractivity contribution >= 4 is 34.9 Å². The Kier molecular flexibility index (Phi) is 6.82. The van der Waals surface area contributed by atoms with Crippen LogP contribution in [-0.2, 0) is 17.9 Å². The number of rotatable bonds is 7. The highest BCUT2D eigenvalue weighted by molar-refractivity contribution is 8.18. The van der Waals surface area contributed by atoms with Gasteiger partial charge in [0, 0.05) is 11.6 Å². The fraction of sp³-hybridized carbons (Fsp3) is 0.0690. The predicted molar refractivity (Wildman–Crippen MR) is 141 cm³/mol. The zero-order chi connectivity index (χ0) is 24.9. The third kappa shape index (κ3) is 5.31. The van der Waals surface area contributed by atoms with E-state index >= 15 is 0 Å². The van der Waals surface area contributed by atoms with Crippen molar-refractivity contribution in [2.24, 2.45) is 4.99 Å². The standard InChI is InChI=1S/C29H22N2O4S/c32-27-26(17-24-15-16-25(35-24)22-11-13-23(14-12-22)28(33)34)36-29(30-18-20-7-3-1-4-8-20)31(27)19-21-9-5-2-6-10-21/h1-17H,18-19H2,(H,33,34)/b26-17-,30-29?. The average molecular weight is 495 g/mol. The molecule has 0 atom stereocenters. The smallest absolute Gasteiger partial charge is 0.335 e. The Morgan fingerprint density at radius 1 is 0.889 bits per heavy atom. The van der Waals surface area contributed by atoms with Crippen LogP contribution in [0.3, 0.4) is 0 Å². The van der Waals surface area contributed by atoms with E-state index in [4.69, 9.17) is 14.5 Å². The molecule has 1 aliphatic heterocycles. The maximum Gasteiger partial charge on any atom is 0.335 e. The number of benzene rings is 3. The Morgan fingerprint density at radius 3 is 2.22 bits per heavy atom. The normalized spacial score (nSPS) is 15.7. The molecule has 1 saturated heterocycles. The molecule has 0 bridgehead atoms. The van der Waals surface area contributed by atoms with Crippen LogP contribution in [0.4, 0.5) is 0 Å². The maximum atomic E-state index is 13.4. The van der Waals surface area contributed by atoms with Crippen molar-refractivity contribution < 1.29 is 19.1 Å². The maximum absolute atomic E-state index is 13.4. The lowest BCUT2D eigenvalue weighted by Crippen LogP contribution is -2.28. The van der Waals surface area contributed by atoms with Crippen LogP contribution >= 0.6 is 11.8 Å². The number of hydrogen-bond donors (Lipinski definition) is 1. The van der Waals surface area contributed by atoms with Crippen molar-refractivity contribution in [3.8, 4) is 11.3 Å². The second-order valence-corrected chi connectivity index (χ2v) is 9.17. The quantitative estimate of drug-likeness (QED) is 0.304. The fourth-order valence-corrected chi connectivity index (χ4v) is 4.72. The molecule has 7 heteroatoms. The largest absolute Gasteiger partial charge is 0.478 e. The summed E-state index contributed by atoms with van der Waals surface area (Å²) in [4.78, 5) is 31.4. The molecule has 0 spiro atoms. The van der Waals surface area contributed by atoms with E-state index in [0.29, 0.717) is 34.7 Å². The number of amides is 1. The molecule has 0 radical (unpaired) electrons. The Bertz CT molecular complexity index is 1440. The molecule has 4 aromatic rings. The number of nitrogens with zero attached hydrogens (tertiary/aromatic N) is 2. The van der Waals surface area contributed by atoms with Crippen molar-refractivity contribution in [2.45, 2.75) is 13.1 Å². The van der Waals surface area contributed by atoms with Gasteiger partial charge in [-0.1, -0.05) is 72.8 Å². The minimum absolute atomic E-state index is 0.126. The summed E-state index contributed by atoms with van der Waals surface area (Å²) in [5.41, 5.74) is 3.05. The van der Waals surface area contributed by atoms with Crippen LogP contribution in [0.1, 0.15) is 27.2 Å². The number of carboxylic acid groups (broad SMARTS) is 1. The molecule has 0 aliphatic carbocycles. The number of carbonyl (C=O) groups is 2. The first-order chi connectivity index (χ1) is 17.6. The van der Waals surface area contributed by atoms with Gasteiger partial charge in [-0.2, -0.15) is 0 Å². The van der Waals surface area contributed by atoms with Gasteiger partial charge in [-0.15, -0.1) is 0 Å². The van der Waals surface area contributed by atoms with E-state index in [1.54, 1.807) is 35.2 Å². The summed E-state index contributed by atoms with van der Waals surface area (Å²) in [6.07, 6.45) is 1.73. The average Bonchev–Trinajstić information content (AvgIpc) is 3.49. The van der Waals surface area contributed by atoms with E-state index in [9.17, 15) is 9.59 Å². The minimum Gasteiger partial charge on any atom is -0.478 e. The third-order valence-electron chi connectivity index (χ3n) is 5.63. The summed E-state index contributed by atoms with van der Waals surface area (Å²) in [6, 6.07) is 29.8. The molecule has 0 saturated carbocycles. The van der Waals surface area contributed by atoms with E-state index < -0.39 is 5.97 Å². The second-order valence-electron chi connectivity index (χ2n) is 8.16. The summed E-state index contributed by atoms with van der Waals surface area (Å²) in [5.74, 6) is 0.0212. The van der Waals surface area contributed by atoms with Crippen molar-refractivity contribution in [3.05, 3.63) is 124 Å². The third-order valence-corrected chi connectivity index (χ3v) is 6.67. The molecule has 1 N–H and O–H groups in total. The zero-order valence-electron chi connectivity index (χ0n) is 19.2. The van der Waals surface area contributed by atoms with Crippen LogP contribution in [0.25, 0.3) is 17.4 Å². The van der Waals surface area contributed by atoms with Crippen LogP contribution in [0, 0.1) is 0 Å². The first kappa shape index (κ1) is 23.4. The lowest BCUT2D eigenvalue weighted by molar-refractivity contribution is -0.122. The minimum atomic E-state index is -0.979. The van der Waals surface area contributed by atoms with Crippen LogP contribution in [-0.4, -0.2) is 27.1 Å². The number of furan rings is 1. The molecule has 178 valence electrons. The molecule has 0 unspecified atom stereocenters. The Labute approximate surface area is 212 Å². The number of aromatic carboxylic acids is 1. The van der Waals surface area contributed by atoms with E-state index in [1.807, 2.05) is 60.7 Å². The lowest BCUT2D eigenvalue weighted by atomic mass is 10.1. The van der Waals surface area contributed by atoms with Gasteiger partial charge in [0.1, 0.15) is 11.5 Å². The number of hydrogen-bond acceptors (Lipinski definition) is 5. The predicted octanol–water partition coefficient (Wildman–Crippen LogP) is 6.32. The molecule has 2 heterocycles. The summed E-state index contributed by atoms with van der Waals surface area (Å²) in [5, 5.41) is 9.74. The molecule has 6 nitrogen and oxygen atoms in total. The van der Waals surface area contributed by atoms with Gasteiger partial charge in [-0.3, -0.25) is 14.7 Å². The fourth-order valence-electron chi connectivity index (χ4n) is 3.77. The number of aliphatic imine (C=N–C) groups is 1. The van der Waals surface area contributed by atoms with E-state index in [2.05, 4.69) is 0 Å². The first-order valence-corrected chi connectivity index (χ1v) is 12.2. The van der Waals surface area contributed by atoms with Crippen LogP contribution in [0.5, 0.6) is 0 Å². The number of carbonyl (C=O) groups excluding carboxylic acids is 1. The SMILES string of the molecule is O=C(O)c1ccc(-c2ccc(/C=C3\SC(=NCc4ccccc4)N(Cc4ccccc4)C3=O)o2)cc1. The van der Waals surface area contributed by atoms with Gasteiger partial charge in [0.15, 0.2) is 5.17 Å². The van der Waals surface area contributed by atoms with Gasteiger partial charge in [0.05, 0.1) is 23.6 Å². The molecular formula is C29H22N2O4S. The second kappa shape index (κ2) is 10.5. The van der Waals surface area contributed by atoms with Crippen LogP contribution in [0.15, 0.2) is 111 Å². The van der Waals surface area contributed by atoms with Gasteiger partial charge in [0.25, 0.3) is 5.91 Å². The number of carboxylic acids is 1. The van der Waals surface area contributed by atoms with Gasteiger partial charge in [0.2, 0.25) is 0 Å². The molecule has 1 aromatic heterocycles. The first-order valence-electron chi connectivity index (χ1n) is 11.3. The number of amidine groups is 1. The summed E-state index contributed by atoms with van der Waals surface area (Å²) < 4.78 is 5.95. The highest BCUT2D eigenvalue weighted by Crippen LogP contribution is 2.35. The van der Waals surface area contributed by atoms with E-state index in [1.165, 1.54) is 23.9 Å². The number of thioether (sulfide) groups is 1. The summed E-state index contributed by atoms with van der Waals surface area (Å²) in [7, 11) is 0. The molecule has 3 aromatic carbocycles. The topological polar surface area (TPSA) is 83.1 Å². The van der Waals surface area contributed by atoms with Gasteiger partial charge in [-0.05, 0) is 47.2 Å². The molecular weight excluding hydrogens is 472 g/mol.